The minimum absolute atomic E-state index is 0.397. The van der Waals surface area contributed by atoms with E-state index in [0.717, 1.165) is 31.2 Å². The molecule has 0 bridgehead atoms. The van der Waals surface area contributed by atoms with Gasteiger partial charge in [0.15, 0.2) is 0 Å². The molecular formula is C15H25N2O3P. The summed E-state index contributed by atoms with van der Waals surface area (Å²) < 4.78 is 23.2. The first-order valence-corrected chi connectivity index (χ1v) is 8.99. The zero-order valence-corrected chi connectivity index (χ0v) is 13.7. The normalized spacial score (nSPS) is 11.9. The average Bonchev–Trinajstić information content (AvgIpc) is 2.49. The molecule has 5 nitrogen and oxygen atoms in total. The summed E-state index contributed by atoms with van der Waals surface area (Å²) in [4.78, 5) is 0. The van der Waals surface area contributed by atoms with Gasteiger partial charge in [-0.2, -0.15) is 5.10 Å². The zero-order valence-electron chi connectivity index (χ0n) is 12.8. The summed E-state index contributed by atoms with van der Waals surface area (Å²) in [6.45, 7) is 4.89. The molecule has 6 heteroatoms. The van der Waals surface area contributed by atoms with Crippen LogP contribution < -0.4 is 5.20 Å². The molecule has 1 rings (SSSR count). The van der Waals surface area contributed by atoms with E-state index >= 15 is 0 Å². The number of hydrogen-bond donors (Lipinski definition) is 1. The molecule has 1 aromatic carbocycles. The molecule has 0 saturated carbocycles. The van der Waals surface area contributed by atoms with Crippen molar-refractivity contribution in [2.24, 2.45) is 5.10 Å². The van der Waals surface area contributed by atoms with Crippen LogP contribution in [-0.2, 0) is 13.6 Å². The van der Waals surface area contributed by atoms with Crippen LogP contribution >= 0.6 is 7.75 Å². The van der Waals surface area contributed by atoms with Crippen LogP contribution in [0.4, 0.5) is 0 Å². The SMILES string of the molecule is CCCCOP(=O)(N/N=C/c1ccccc1)OCCCC. The largest absolute Gasteiger partial charge is 0.448 e. The predicted molar refractivity (Wildman–Crippen MR) is 86.5 cm³/mol. The molecule has 0 fully saturated rings. The molecule has 0 radical (unpaired) electrons. The number of rotatable bonds is 11. The summed E-state index contributed by atoms with van der Waals surface area (Å²) >= 11 is 0. The molecule has 0 amide bonds. The Morgan fingerprint density at radius 2 is 1.67 bits per heavy atom. The van der Waals surface area contributed by atoms with E-state index in [-0.39, 0.29) is 0 Å². The van der Waals surface area contributed by atoms with Gasteiger partial charge in [0, 0.05) is 0 Å². The van der Waals surface area contributed by atoms with Crippen molar-refractivity contribution in [3.63, 3.8) is 0 Å². The quantitative estimate of drug-likeness (QED) is 0.285. The van der Waals surface area contributed by atoms with Crippen molar-refractivity contribution in [1.82, 2.24) is 5.20 Å². The highest BCUT2D eigenvalue weighted by Crippen LogP contribution is 2.43. The van der Waals surface area contributed by atoms with Gasteiger partial charge in [0.2, 0.25) is 0 Å². The Balaban J connectivity index is 2.54. The molecule has 21 heavy (non-hydrogen) atoms. The van der Waals surface area contributed by atoms with Crippen LogP contribution in [0.25, 0.3) is 0 Å². The Morgan fingerprint density at radius 1 is 1.10 bits per heavy atom. The van der Waals surface area contributed by atoms with Crippen molar-refractivity contribution in [2.45, 2.75) is 39.5 Å². The van der Waals surface area contributed by atoms with Gasteiger partial charge < -0.3 is 0 Å². The molecule has 1 N–H and O–H groups in total. The van der Waals surface area contributed by atoms with E-state index in [4.69, 9.17) is 9.05 Å². The fourth-order valence-corrected chi connectivity index (χ4v) is 2.59. The molecule has 118 valence electrons. The van der Waals surface area contributed by atoms with Crippen molar-refractivity contribution >= 4 is 14.0 Å². The highest BCUT2D eigenvalue weighted by molar-refractivity contribution is 7.51. The summed E-state index contributed by atoms with van der Waals surface area (Å²) in [6.07, 6.45) is 5.22. The lowest BCUT2D eigenvalue weighted by Gasteiger charge is -2.17. The molecule has 0 unspecified atom stereocenters. The van der Waals surface area contributed by atoms with Crippen LogP contribution in [0.2, 0.25) is 0 Å². The van der Waals surface area contributed by atoms with Crippen LogP contribution in [0.15, 0.2) is 35.4 Å². The van der Waals surface area contributed by atoms with Gasteiger partial charge in [-0.1, -0.05) is 57.0 Å². The summed E-state index contributed by atoms with van der Waals surface area (Å²) in [6, 6.07) is 9.57. The number of nitrogens with one attached hydrogen (secondary N) is 1. The van der Waals surface area contributed by atoms with Gasteiger partial charge in [-0.25, -0.2) is 9.76 Å². The maximum absolute atomic E-state index is 12.5. The Bertz CT molecular complexity index is 437. The second kappa shape index (κ2) is 10.6. The molecule has 0 aromatic heterocycles. The maximum atomic E-state index is 12.5. The topological polar surface area (TPSA) is 59.9 Å². The summed E-state index contributed by atoms with van der Waals surface area (Å²) in [5.74, 6) is 0. The van der Waals surface area contributed by atoms with Crippen molar-refractivity contribution in [3.8, 4) is 0 Å². The smallest absolute Gasteiger partial charge is 0.291 e. The Morgan fingerprint density at radius 3 is 2.19 bits per heavy atom. The molecule has 0 aliphatic carbocycles. The predicted octanol–water partition coefficient (Wildman–Crippen LogP) is 4.35. The van der Waals surface area contributed by atoms with E-state index in [9.17, 15) is 4.57 Å². The van der Waals surface area contributed by atoms with Gasteiger partial charge in [0.05, 0.1) is 19.4 Å². The van der Waals surface area contributed by atoms with E-state index in [2.05, 4.69) is 10.3 Å². The fraction of sp³-hybridized carbons (Fsp3) is 0.533. The average molecular weight is 312 g/mol. The van der Waals surface area contributed by atoms with Crippen LogP contribution in [0, 0.1) is 0 Å². The highest BCUT2D eigenvalue weighted by atomic mass is 31.2. The minimum atomic E-state index is -3.36. The number of nitrogens with zero attached hydrogens (tertiary/aromatic N) is 1. The Kier molecular flexibility index (Phi) is 8.99. The molecule has 0 heterocycles. The lowest BCUT2D eigenvalue weighted by atomic mass is 10.2. The van der Waals surface area contributed by atoms with Crippen LogP contribution in [0.1, 0.15) is 45.1 Å². The third-order valence-corrected chi connectivity index (χ3v) is 4.12. The van der Waals surface area contributed by atoms with E-state index in [1.165, 1.54) is 0 Å². The summed E-state index contributed by atoms with van der Waals surface area (Å²) in [7, 11) is -3.36. The summed E-state index contributed by atoms with van der Waals surface area (Å²) in [5.41, 5.74) is 0.915. The van der Waals surface area contributed by atoms with Crippen LogP contribution in [-0.4, -0.2) is 19.4 Å². The third-order valence-electron chi connectivity index (χ3n) is 2.71. The van der Waals surface area contributed by atoms with Crippen molar-refractivity contribution in [2.75, 3.05) is 13.2 Å². The first kappa shape index (κ1) is 17.9. The highest BCUT2D eigenvalue weighted by Gasteiger charge is 2.23. The van der Waals surface area contributed by atoms with E-state index < -0.39 is 7.75 Å². The summed E-state index contributed by atoms with van der Waals surface area (Å²) in [5, 5.41) is 6.53. The molecule has 1 aromatic rings. The third kappa shape index (κ3) is 8.00. The van der Waals surface area contributed by atoms with Gasteiger partial charge in [0.1, 0.15) is 0 Å². The second-order valence-electron chi connectivity index (χ2n) is 4.64. The molecule has 0 spiro atoms. The van der Waals surface area contributed by atoms with Gasteiger partial charge in [-0.15, -0.1) is 0 Å². The monoisotopic (exact) mass is 312 g/mol. The lowest BCUT2D eigenvalue weighted by molar-refractivity contribution is 0.192. The van der Waals surface area contributed by atoms with Crippen LogP contribution in [0.3, 0.4) is 0 Å². The molecule has 0 saturated heterocycles. The molecular weight excluding hydrogens is 287 g/mol. The van der Waals surface area contributed by atoms with Crippen LogP contribution in [0.5, 0.6) is 0 Å². The first-order chi connectivity index (χ1) is 10.2. The van der Waals surface area contributed by atoms with E-state index in [1.807, 2.05) is 44.2 Å². The maximum Gasteiger partial charge on any atom is 0.448 e. The van der Waals surface area contributed by atoms with Gasteiger partial charge >= 0.3 is 7.75 Å². The molecule has 0 aliphatic rings. The molecule has 0 atom stereocenters. The lowest BCUT2D eigenvalue weighted by Crippen LogP contribution is -2.11. The van der Waals surface area contributed by atoms with Crippen molar-refractivity contribution in [1.29, 1.82) is 0 Å². The van der Waals surface area contributed by atoms with E-state index in [1.54, 1.807) is 6.21 Å². The van der Waals surface area contributed by atoms with E-state index in [0.29, 0.717) is 13.2 Å². The number of hydrazone groups is 1. The second-order valence-corrected chi connectivity index (χ2v) is 6.35. The number of hydrogen-bond acceptors (Lipinski definition) is 4. The minimum Gasteiger partial charge on any atom is -0.291 e. The fourth-order valence-electron chi connectivity index (χ4n) is 1.47. The molecule has 0 aliphatic heterocycles. The Labute approximate surface area is 127 Å². The zero-order chi connectivity index (χ0) is 15.4. The number of benzene rings is 1. The van der Waals surface area contributed by atoms with Gasteiger partial charge in [-0.3, -0.25) is 9.05 Å². The van der Waals surface area contributed by atoms with Gasteiger partial charge in [-0.05, 0) is 18.4 Å². The number of unbranched alkanes of at least 4 members (excludes halogenated alkanes) is 2. The standard InChI is InChI=1S/C15H25N2O3P/c1-3-5-12-19-21(18,20-13-6-4-2)17-16-14-15-10-8-7-9-11-15/h7-11,14H,3-6,12-13H2,1-2H3,(H,17,18)/b16-14+. The first-order valence-electron chi connectivity index (χ1n) is 7.44. The van der Waals surface area contributed by atoms with Gasteiger partial charge in [0.25, 0.3) is 0 Å². The van der Waals surface area contributed by atoms with Crippen molar-refractivity contribution in [3.05, 3.63) is 35.9 Å². The Hall–Kier alpha value is -1.16. The van der Waals surface area contributed by atoms with Crippen molar-refractivity contribution < 1.29 is 13.6 Å².